The summed E-state index contributed by atoms with van der Waals surface area (Å²) in [5.74, 6) is -1.14. The number of rotatable bonds is 5. The predicted molar refractivity (Wildman–Crippen MR) is 65.3 cm³/mol. The van der Waals surface area contributed by atoms with Crippen LogP contribution in [-0.4, -0.2) is 65.9 Å². The zero-order valence-electron chi connectivity index (χ0n) is 10.6. The number of carboxylic acids is 1. The lowest BCUT2D eigenvalue weighted by molar-refractivity contribution is -0.139. The fraction of sp³-hybridized carbons (Fsp3) is 0.818. The quantitative estimate of drug-likeness (QED) is 0.518. The number of aliphatic carboxylic acids is 1. The summed E-state index contributed by atoms with van der Waals surface area (Å²) in [7, 11) is 1.98. The van der Waals surface area contributed by atoms with E-state index in [1.165, 1.54) is 0 Å². The van der Waals surface area contributed by atoms with E-state index in [9.17, 15) is 9.59 Å². The zero-order valence-corrected chi connectivity index (χ0v) is 10.6. The molecule has 2 amide bonds. The molecule has 1 aliphatic heterocycles. The number of aliphatic hydroxyl groups excluding tert-OH is 1. The van der Waals surface area contributed by atoms with Crippen molar-refractivity contribution in [2.45, 2.75) is 31.3 Å². The first-order valence-corrected chi connectivity index (χ1v) is 6.12. The minimum absolute atomic E-state index is 0.00726. The number of nitrogens with zero attached hydrogens (tertiary/aromatic N) is 1. The summed E-state index contributed by atoms with van der Waals surface area (Å²) in [6.45, 7) is 1.51. The molecule has 0 saturated carbocycles. The number of nitrogens with one attached hydrogen (secondary N) is 2. The fourth-order valence-electron chi connectivity index (χ4n) is 2.06. The number of aliphatic hydroxyl groups is 1. The first kappa shape index (κ1) is 14.7. The van der Waals surface area contributed by atoms with Gasteiger partial charge in [-0.2, -0.15) is 0 Å². The van der Waals surface area contributed by atoms with Gasteiger partial charge in [0, 0.05) is 25.6 Å². The first-order valence-electron chi connectivity index (χ1n) is 6.12. The van der Waals surface area contributed by atoms with Gasteiger partial charge < -0.3 is 25.7 Å². The Morgan fingerprint density at radius 1 is 1.50 bits per heavy atom. The highest BCUT2D eigenvalue weighted by Crippen LogP contribution is 2.07. The summed E-state index contributed by atoms with van der Waals surface area (Å²) < 4.78 is 0. The lowest BCUT2D eigenvalue weighted by Crippen LogP contribution is -2.53. The van der Waals surface area contributed by atoms with Crippen LogP contribution in [0, 0.1) is 0 Å². The smallest absolute Gasteiger partial charge is 0.326 e. The predicted octanol–water partition coefficient (Wildman–Crippen LogP) is -0.785. The third-order valence-corrected chi connectivity index (χ3v) is 2.98. The molecular formula is C11H21N3O4. The molecule has 0 radical (unpaired) electrons. The molecule has 0 aliphatic carbocycles. The van der Waals surface area contributed by atoms with Crippen LogP contribution in [0.25, 0.3) is 0 Å². The number of amides is 2. The van der Waals surface area contributed by atoms with Gasteiger partial charge in [0.25, 0.3) is 0 Å². The number of likely N-dealkylation sites (tertiary alicyclic amines) is 1. The molecule has 0 bridgehead atoms. The minimum Gasteiger partial charge on any atom is -0.480 e. The minimum atomic E-state index is -1.14. The normalized spacial score (nSPS) is 22.2. The van der Waals surface area contributed by atoms with E-state index in [0.717, 1.165) is 25.9 Å². The van der Waals surface area contributed by atoms with Crippen molar-refractivity contribution in [3.05, 3.63) is 0 Å². The van der Waals surface area contributed by atoms with Crippen LogP contribution in [0.1, 0.15) is 19.3 Å². The third kappa shape index (κ3) is 4.89. The Labute approximate surface area is 106 Å². The first-order chi connectivity index (χ1) is 8.52. The van der Waals surface area contributed by atoms with Crippen LogP contribution in [0.3, 0.4) is 0 Å². The van der Waals surface area contributed by atoms with Crippen LogP contribution < -0.4 is 10.6 Å². The van der Waals surface area contributed by atoms with Crippen molar-refractivity contribution >= 4 is 12.0 Å². The second-order valence-corrected chi connectivity index (χ2v) is 4.62. The number of piperidine rings is 1. The molecule has 7 heteroatoms. The molecule has 2 atom stereocenters. The fourth-order valence-corrected chi connectivity index (χ4v) is 2.06. The van der Waals surface area contributed by atoms with Crippen LogP contribution in [0.5, 0.6) is 0 Å². The number of hydrogen-bond acceptors (Lipinski definition) is 4. The van der Waals surface area contributed by atoms with Gasteiger partial charge in [-0.3, -0.25) is 0 Å². The Morgan fingerprint density at radius 3 is 2.78 bits per heavy atom. The zero-order chi connectivity index (χ0) is 13.5. The topological polar surface area (TPSA) is 102 Å². The van der Waals surface area contributed by atoms with Gasteiger partial charge in [-0.05, 0) is 26.4 Å². The molecule has 1 saturated heterocycles. The highest BCUT2D eigenvalue weighted by Gasteiger charge is 2.22. The van der Waals surface area contributed by atoms with Gasteiger partial charge in [-0.25, -0.2) is 9.59 Å². The molecule has 1 fully saturated rings. The molecule has 4 N–H and O–H groups in total. The number of carbonyl (C=O) groups excluding carboxylic acids is 1. The van der Waals surface area contributed by atoms with Crippen molar-refractivity contribution in [1.29, 1.82) is 0 Å². The van der Waals surface area contributed by atoms with E-state index in [0.29, 0.717) is 0 Å². The SMILES string of the molecule is CN1CCCC(NC(=O)NC(CCO)C(=O)O)C1. The molecule has 104 valence electrons. The standard InChI is InChI=1S/C11H21N3O4/c1-14-5-2-3-8(7-14)12-11(18)13-9(4-6-15)10(16)17/h8-9,15H,2-7H2,1H3,(H,16,17)(H2,12,13,18). The second-order valence-electron chi connectivity index (χ2n) is 4.62. The second kappa shape index (κ2) is 7.17. The van der Waals surface area contributed by atoms with Crippen LogP contribution in [-0.2, 0) is 4.79 Å². The van der Waals surface area contributed by atoms with Crippen LogP contribution in [0.15, 0.2) is 0 Å². The van der Waals surface area contributed by atoms with Crippen molar-refractivity contribution in [1.82, 2.24) is 15.5 Å². The van der Waals surface area contributed by atoms with E-state index in [-0.39, 0.29) is 19.1 Å². The maximum atomic E-state index is 11.6. The summed E-state index contributed by atoms with van der Waals surface area (Å²) in [5.41, 5.74) is 0. The largest absolute Gasteiger partial charge is 0.480 e. The molecule has 2 unspecified atom stereocenters. The van der Waals surface area contributed by atoms with E-state index in [1.54, 1.807) is 0 Å². The molecule has 0 aromatic carbocycles. The van der Waals surface area contributed by atoms with Crippen molar-refractivity contribution in [2.75, 3.05) is 26.7 Å². The van der Waals surface area contributed by atoms with E-state index < -0.39 is 18.0 Å². The van der Waals surface area contributed by atoms with Crippen molar-refractivity contribution in [3.8, 4) is 0 Å². The molecular weight excluding hydrogens is 238 g/mol. The van der Waals surface area contributed by atoms with Crippen molar-refractivity contribution in [2.24, 2.45) is 0 Å². The highest BCUT2D eigenvalue weighted by atomic mass is 16.4. The average Bonchev–Trinajstić information content (AvgIpc) is 2.28. The number of carboxylic acid groups (broad SMARTS) is 1. The summed E-state index contributed by atoms with van der Waals surface area (Å²) in [6.07, 6.45) is 1.92. The molecule has 7 nitrogen and oxygen atoms in total. The van der Waals surface area contributed by atoms with E-state index >= 15 is 0 Å². The molecule has 0 aromatic rings. The molecule has 18 heavy (non-hydrogen) atoms. The van der Waals surface area contributed by atoms with Gasteiger partial charge in [0.05, 0.1) is 0 Å². The molecule has 0 spiro atoms. The Hall–Kier alpha value is -1.34. The maximum Gasteiger partial charge on any atom is 0.326 e. The molecule has 1 rings (SSSR count). The highest BCUT2D eigenvalue weighted by molar-refractivity contribution is 5.82. The van der Waals surface area contributed by atoms with Gasteiger partial charge in [0.2, 0.25) is 0 Å². The van der Waals surface area contributed by atoms with Gasteiger partial charge in [-0.1, -0.05) is 0 Å². The monoisotopic (exact) mass is 259 g/mol. The third-order valence-electron chi connectivity index (χ3n) is 2.98. The molecule has 1 heterocycles. The lowest BCUT2D eigenvalue weighted by Gasteiger charge is -2.30. The Morgan fingerprint density at radius 2 is 2.22 bits per heavy atom. The number of hydrogen-bond donors (Lipinski definition) is 4. The van der Waals surface area contributed by atoms with Crippen molar-refractivity contribution < 1.29 is 19.8 Å². The van der Waals surface area contributed by atoms with Gasteiger partial charge >= 0.3 is 12.0 Å². The summed E-state index contributed by atoms with van der Waals surface area (Å²) in [5, 5.41) is 22.7. The summed E-state index contributed by atoms with van der Waals surface area (Å²) in [6, 6.07) is -1.49. The number of likely N-dealkylation sites (N-methyl/N-ethyl adjacent to an activating group) is 1. The number of urea groups is 1. The van der Waals surface area contributed by atoms with E-state index in [1.807, 2.05) is 7.05 Å². The lowest BCUT2D eigenvalue weighted by atomic mass is 10.1. The van der Waals surface area contributed by atoms with Gasteiger partial charge in [0.1, 0.15) is 6.04 Å². The summed E-state index contributed by atoms with van der Waals surface area (Å²) >= 11 is 0. The molecule has 1 aliphatic rings. The van der Waals surface area contributed by atoms with Crippen LogP contribution in [0.2, 0.25) is 0 Å². The van der Waals surface area contributed by atoms with E-state index in [2.05, 4.69) is 15.5 Å². The maximum absolute atomic E-state index is 11.6. The Balaban J connectivity index is 2.37. The van der Waals surface area contributed by atoms with E-state index in [4.69, 9.17) is 10.2 Å². The average molecular weight is 259 g/mol. The van der Waals surface area contributed by atoms with Crippen LogP contribution >= 0.6 is 0 Å². The van der Waals surface area contributed by atoms with Crippen molar-refractivity contribution in [3.63, 3.8) is 0 Å². The Kier molecular flexibility index (Phi) is 5.87. The summed E-state index contributed by atoms with van der Waals surface area (Å²) in [4.78, 5) is 24.6. The van der Waals surface area contributed by atoms with Gasteiger partial charge in [0.15, 0.2) is 0 Å². The Bertz CT molecular complexity index is 298. The number of carbonyl (C=O) groups is 2. The van der Waals surface area contributed by atoms with Gasteiger partial charge in [-0.15, -0.1) is 0 Å². The molecule has 0 aromatic heterocycles. The van der Waals surface area contributed by atoms with Crippen LogP contribution in [0.4, 0.5) is 4.79 Å².